The minimum absolute atomic E-state index is 0. The Hall–Kier alpha value is -0.165. The first-order chi connectivity index (χ1) is 11.6. The number of aromatic nitrogens is 1. The summed E-state index contributed by atoms with van der Waals surface area (Å²) in [5, 5.41) is 16.2. The van der Waals surface area contributed by atoms with Crippen LogP contribution in [0.3, 0.4) is 0 Å². The molecule has 5 heteroatoms. The third-order valence-electron chi connectivity index (χ3n) is 5.31. The first-order valence-electron chi connectivity index (χ1n) is 9.26. The Balaban J connectivity index is 0.00000225. The van der Waals surface area contributed by atoms with E-state index in [1.807, 2.05) is 22.8 Å². The molecular weight excluding hydrogens is 386 g/mol. The zero-order valence-electron chi connectivity index (χ0n) is 15.7. The number of benzene rings is 1. The molecule has 1 N–H and O–H groups in total. The van der Waals surface area contributed by atoms with E-state index in [9.17, 15) is 9.90 Å². The van der Waals surface area contributed by atoms with Crippen molar-refractivity contribution >= 4 is 16.6 Å². The largest absolute Gasteiger partial charge is 1.00 e. The molecule has 0 spiro atoms. The molecule has 1 heterocycles. The van der Waals surface area contributed by atoms with Gasteiger partial charge in [0.25, 0.3) is 0 Å². The van der Waals surface area contributed by atoms with Crippen molar-refractivity contribution in [2.24, 2.45) is 0 Å². The molecule has 1 saturated carbocycles. The van der Waals surface area contributed by atoms with Crippen LogP contribution < -0.4 is 74.0 Å². The summed E-state index contributed by atoms with van der Waals surface area (Å²) >= 11 is 0. The Bertz CT molecular complexity index is 762. The van der Waals surface area contributed by atoms with Crippen LogP contribution in [0.25, 0.3) is 10.9 Å². The van der Waals surface area contributed by atoms with Gasteiger partial charge in [0, 0.05) is 29.4 Å². The smallest absolute Gasteiger partial charge is 0.869 e. The van der Waals surface area contributed by atoms with Crippen molar-refractivity contribution in [3.05, 3.63) is 34.6 Å². The SMILES string of the molecule is CCC(CC)n1cc([O-])c(=O)c2ccc(NC3CCCCC3)cc21.[Rb+]. The Morgan fingerprint density at radius 1 is 1.20 bits per heavy atom. The molecule has 4 nitrogen and oxygen atoms in total. The molecule has 2 aromatic rings. The zero-order valence-corrected chi connectivity index (χ0v) is 20.6. The average Bonchev–Trinajstić information content (AvgIpc) is 2.61. The van der Waals surface area contributed by atoms with Crippen LogP contribution in [-0.2, 0) is 0 Å². The van der Waals surface area contributed by atoms with Gasteiger partial charge in [-0.2, -0.15) is 0 Å². The van der Waals surface area contributed by atoms with Crippen LogP contribution in [-0.4, -0.2) is 10.6 Å². The van der Waals surface area contributed by atoms with Crippen molar-refractivity contribution in [2.75, 3.05) is 5.32 Å². The van der Waals surface area contributed by atoms with Gasteiger partial charge >= 0.3 is 58.2 Å². The summed E-state index contributed by atoms with van der Waals surface area (Å²) in [4.78, 5) is 12.2. The normalized spacial score (nSPS) is 15.3. The number of fused-ring (bicyclic) bond motifs is 1. The molecule has 1 aromatic heterocycles. The number of nitrogens with zero attached hydrogens (tertiary/aromatic N) is 1. The van der Waals surface area contributed by atoms with Crippen LogP contribution in [0.2, 0.25) is 0 Å². The van der Waals surface area contributed by atoms with Crippen LogP contribution in [0, 0.1) is 0 Å². The van der Waals surface area contributed by atoms with Crippen LogP contribution in [0.5, 0.6) is 5.75 Å². The molecule has 0 aliphatic heterocycles. The predicted molar refractivity (Wildman–Crippen MR) is 97.8 cm³/mol. The standard InChI is InChI=1S/C20H28N2O2.Rb/c1-3-16(4-2)22-13-19(23)20(24)17-11-10-15(12-18(17)22)21-14-8-6-5-7-9-14;/h10-14,16,21,23H,3-9H2,1-2H3;/q;+1/p-1. The van der Waals surface area contributed by atoms with Gasteiger partial charge < -0.3 is 15.0 Å². The van der Waals surface area contributed by atoms with Crippen LogP contribution >= 0.6 is 0 Å². The Morgan fingerprint density at radius 3 is 2.52 bits per heavy atom. The maximum absolute atomic E-state index is 12.2. The maximum Gasteiger partial charge on any atom is 1.00 e. The second-order valence-electron chi connectivity index (χ2n) is 6.91. The molecule has 0 saturated heterocycles. The van der Waals surface area contributed by atoms with E-state index in [0.717, 1.165) is 24.0 Å². The van der Waals surface area contributed by atoms with Gasteiger partial charge in [-0.3, -0.25) is 4.79 Å². The second-order valence-corrected chi connectivity index (χ2v) is 6.91. The van der Waals surface area contributed by atoms with Crippen LogP contribution in [0.4, 0.5) is 5.69 Å². The van der Waals surface area contributed by atoms with Crippen LogP contribution in [0.15, 0.2) is 29.2 Å². The number of anilines is 1. The minimum atomic E-state index is -0.414. The number of hydrogen-bond donors (Lipinski definition) is 1. The Kier molecular flexibility index (Phi) is 8.18. The molecule has 3 rings (SSSR count). The monoisotopic (exact) mass is 412 g/mol. The van der Waals surface area contributed by atoms with Crippen molar-refractivity contribution in [2.45, 2.75) is 70.9 Å². The van der Waals surface area contributed by atoms with E-state index in [1.54, 1.807) is 0 Å². The molecule has 25 heavy (non-hydrogen) atoms. The van der Waals surface area contributed by atoms with Gasteiger partial charge in [-0.25, -0.2) is 0 Å². The van der Waals surface area contributed by atoms with E-state index in [1.165, 1.54) is 38.3 Å². The van der Waals surface area contributed by atoms with Crippen molar-refractivity contribution < 1.29 is 63.3 Å². The topological polar surface area (TPSA) is 57.1 Å². The molecule has 0 atom stereocenters. The number of pyridine rings is 1. The van der Waals surface area contributed by atoms with Crippen LogP contribution in [0.1, 0.15) is 64.8 Å². The summed E-state index contributed by atoms with van der Waals surface area (Å²) < 4.78 is 2.01. The fourth-order valence-electron chi connectivity index (χ4n) is 3.88. The second kappa shape index (κ2) is 9.68. The number of nitrogens with one attached hydrogen (secondary N) is 1. The summed E-state index contributed by atoms with van der Waals surface area (Å²) in [6, 6.07) is 6.55. The molecular formula is C20H27N2O2Rb. The minimum Gasteiger partial charge on any atom is -0.869 e. The zero-order chi connectivity index (χ0) is 17.1. The van der Waals surface area contributed by atoms with Gasteiger partial charge in [0.05, 0.1) is 5.52 Å². The fraction of sp³-hybridized carbons (Fsp3) is 0.550. The van der Waals surface area contributed by atoms with E-state index in [0.29, 0.717) is 11.4 Å². The van der Waals surface area contributed by atoms with E-state index < -0.39 is 11.2 Å². The first-order valence-corrected chi connectivity index (χ1v) is 9.26. The fourth-order valence-corrected chi connectivity index (χ4v) is 3.88. The van der Waals surface area contributed by atoms with Gasteiger partial charge in [-0.05, 0) is 49.6 Å². The molecule has 1 aromatic carbocycles. The third kappa shape index (κ3) is 4.77. The van der Waals surface area contributed by atoms with Crippen molar-refractivity contribution in [3.8, 4) is 5.75 Å². The van der Waals surface area contributed by atoms with Gasteiger partial charge in [-0.15, -0.1) is 0 Å². The van der Waals surface area contributed by atoms with Gasteiger partial charge in [-0.1, -0.05) is 33.1 Å². The van der Waals surface area contributed by atoms with E-state index in [2.05, 4.69) is 19.2 Å². The molecule has 0 radical (unpaired) electrons. The average molecular weight is 413 g/mol. The predicted octanol–water partition coefficient (Wildman–Crippen LogP) is 1.18. The molecule has 130 valence electrons. The van der Waals surface area contributed by atoms with Gasteiger partial charge in [0.2, 0.25) is 0 Å². The van der Waals surface area contributed by atoms with Crippen molar-refractivity contribution in [3.63, 3.8) is 0 Å². The van der Waals surface area contributed by atoms with Crippen molar-refractivity contribution in [1.29, 1.82) is 0 Å². The summed E-state index contributed by atoms with van der Waals surface area (Å²) in [5.74, 6) is -0.414. The Labute approximate surface area is 198 Å². The molecule has 0 bridgehead atoms. The summed E-state index contributed by atoms with van der Waals surface area (Å²) in [5.41, 5.74) is 1.53. The maximum atomic E-state index is 12.2. The van der Waals surface area contributed by atoms with Crippen molar-refractivity contribution in [1.82, 2.24) is 4.57 Å². The first kappa shape index (κ1) is 21.1. The van der Waals surface area contributed by atoms with E-state index in [-0.39, 0.29) is 64.2 Å². The summed E-state index contributed by atoms with van der Waals surface area (Å²) in [6.07, 6.45) is 9.67. The van der Waals surface area contributed by atoms with Gasteiger partial charge in [0.15, 0.2) is 5.43 Å². The molecule has 1 aliphatic rings. The van der Waals surface area contributed by atoms with E-state index >= 15 is 0 Å². The summed E-state index contributed by atoms with van der Waals surface area (Å²) in [7, 11) is 0. The molecule has 0 amide bonds. The van der Waals surface area contributed by atoms with Gasteiger partial charge in [0.1, 0.15) is 0 Å². The third-order valence-corrected chi connectivity index (χ3v) is 5.31. The Morgan fingerprint density at radius 2 is 1.88 bits per heavy atom. The number of rotatable bonds is 5. The summed E-state index contributed by atoms with van der Waals surface area (Å²) in [6.45, 7) is 4.24. The quantitative estimate of drug-likeness (QED) is 0.802. The molecule has 0 unspecified atom stereocenters. The van der Waals surface area contributed by atoms with E-state index in [4.69, 9.17) is 0 Å². The number of hydrogen-bond acceptors (Lipinski definition) is 3. The molecule has 1 aliphatic carbocycles. The molecule has 1 fully saturated rings.